The van der Waals surface area contributed by atoms with Gasteiger partial charge in [0.2, 0.25) is 5.91 Å². The molecule has 0 unspecified atom stereocenters. The molecule has 0 radical (unpaired) electrons. The van der Waals surface area contributed by atoms with Gasteiger partial charge in [-0.25, -0.2) is 4.98 Å². The summed E-state index contributed by atoms with van der Waals surface area (Å²) in [5.41, 5.74) is 2.28. The van der Waals surface area contributed by atoms with Crippen LogP contribution in [0, 0.1) is 12.8 Å². The van der Waals surface area contributed by atoms with Crippen LogP contribution in [-0.4, -0.2) is 27.3 Å². The van der Waals surface area contributed by atoms with E-state index >= 15 is 0 Å². The second-order valence-electron chi connectivity index (χ2n) is 8.07. The minimum atomic E-state index is -0.122. The van der Waals surface area contributed by atoms with Gasteiger partial charge in [0.15, 0.2) is 5.16 Å². The maximum Gasteiger partial charge on any atom is 0.266 e. The summed E-state index contributed by atoms with van der Waals surface area (Å²) in [6.45, 7) is 8.36. The summed E-state index contributed by atoms with van der Waals surface area (Å²) in [5.74, 6) is 0.780. The lowest BCUT2D eigenvalue weighted by molar-refractivity contribution is -0.119. The van der Waals surface area contributed by atoms with Crippen LogP contribution >= 0.6 is 11.8 Å². The lowest BCUT2D eigenvalue weighted by Gasteiger charge is -2.17. The summed E-state index contributed by atoms with van der Waals surface area (Å²) in [4.78, 5) is 30.5. The Morgan fingerprint density at radius 1 is 1.07 bits per heavy atom. The quantitative estimate of drug-likeness (QED) is 0.420. The van der Waals surface area contributed by atoms with Crippen LogP contribution in [0.3, 0.4) is 0 Å². The first-order chi connectivity index (χ1) is 14.4. The van der Waals surface area contributed by atoms with E-state index in [4.69, 9.17) is 4.98 Å². The van der Waals surface area contributed by atoms with Gasteiger partial charge < -0.3 is 5.32 Å². The molecule has 1 aromatic heterocycles. The highest BCUT2D eigenvalue weighted by Crippen LogP contribution is 2.23. The van der Waals surface area contributed by atoms with Crippen LogP contribution in [0.5, 0.6) is 0 Å². The molecule has 6 heteroatoms. The van der Waals surface area contributed by atoms with Crippen molar-refractivity contribution in [3.05, 3.63) is 64.4 Å². The standard InChI is InChI=1S/C24H29N3O2S/c1-16(2)13-14-18(4)25-22(28)15-30-24-26-20-11-7-6-10-19(20)23(29)27(24)21-12-8-5-9-17(21)3/h5-12,16,18H,13-15H2,1-4H3,(H,25,28)/t18-/m0/s1. The minimum Gasteiger partial charge on any atom is -0.353 e. The molecule has 0 spiro atoms. The van der Waals surface area contributed by atoms with Crippen LogP contribution < -0.4 is 10.9 Å². The molecular weight excluding hydrogens is 394 g/mol. The summed E-state index contributed by atoms with van der Waals surface area (Å²) in [6, 6.07) is 15.2. The minimum absolute atomic E-state index is 0.0463. The van der Waals surface area contributed by atoms with Crippen molar-refractivity contribution in [3.63, 3.8) is 0 Å². The van der Waals surface area contributed by atoms with Gasteiger partial charge in [0.25, 0.3) is 5.56 Å². The number of carbonyl (C=O) groups is 1. The van der Waals surface area contributed by atoms with Gasteiger partial charge in [-0.3, -0.25) is 14.2 Å². The molecule has 0 saturated carbocycles. The highest BCUT2D eigenvalue weighted by Gasteiger charge is 2.16. The van der Waals surface area contributed by atoms with Crippen LogP contribution in [0.1, 0.15) is 39.2 Å². The topological polar surface area (TPSA) is 64.0 Å². The Hall–Kier alpha value is -2.60. The van der Waals surface area contributed by atoms with Crippen LogP contribution in [-0.2, 0) is 4.79 Å². The number of amides is 1. The second-order valence-corrected chi connectivity index (χ2v) is 9.01. The third kappa shape index (κ3) is 5.30. The van der Waals surface area contributed by atoms with Crippen molar-refractivity contribution >= 4 is 28.6 Å². The predicted molar refractivity (Wildman–Crippen MR) is 124 cm³/mol. The number of aromatic nitrogens is 2. The van der Waals surface area contributed by atoms with Gasteiger partial charge in [0, 0.05) is 6.04 Å². The van der Waals surface area contributed by atoms with Crippen LogP contribution in [0.25, 0.3) is 16.6 Å². The average Bonchev–Trinajstić information content (AvgIpc) is 2.72. The second kappa shape index (κ2) is 9.94. The molecule has 0 saturated heterocycles. The first-order valence-electron chi connectivity index (χ1n) is 10.4. The smallest absolute Gasteiger partial charge is 0.266 e. The Bertz CT molecular complexity index is 1090. The van der Waals surface area contributed by atoms with Crippen LogP contribution in [0.4, 0.5) is 0 Å². The lowest BCUT2D eigenvalue weighted by atomic mass is 10.0. The summed E-state index contributed by atoms with van der Waals surface area (Å²) in [7, 11) is 0. The van der Waals surface area contributed by atoms with Crippen molar-refractivity contribution in [1.82, 2.24) is 14.9 Å². The fraction of sp³-hybridized carbons (Fsp3) is 0.375. The third-order valence-corrected chi connectivity index (χ3v) is 5.96. The van der Waals surface area contributed by atoms with Gasteiger partial charge in [-0.15, -0.1) is 0 Å². The fourth-order valence-corrected chi connectivity index (χ4v) is 4.15. The highest BCUT2D eigenvalue weighted by molar-refractivity contribution is 7.99. The Morgan fingerprint density at radius 2 is 1.77 bits per heavy atom. The number of benzene rings is 2. The molecule has 3 rings (SSSR count). The zero-order valence-electron chi connectivity index (χ0n) is 18.0. The van der Waals surface area contributed by atoms with Gasteiger partial charge in [0.05, 0.1) is 22.3 Å². The molecule has 158 valence electrons. The SMILES string of the molecule is Cc1ccccc1-n1c(SCC(=O)N[C@@H](C)CCC(C)C)nc2ccccc2c1=O. The van der Waals surface area contributed by atoms with Gasteiger partial charge in [-0.05, 0) is 56.4 Å². The molecular formula is C24H29N3O2S. The molecule has 1 heterocycles. The van der Waals surface area contributed by atoms with Crippen molar-refractivity contribution < 1.29 is 4.79 Å². The summed E-state index contributed by atoms with van der Waals surface area (Å²) < 4.78 is 1.62. The number of hydrogen-bond donors (Lipinski definition) is 1. The molecule has 0 bridgehead atoms. The summed E-state index contributed by atoms with van der Waals surface area (Å²) in [6.07, 6.45) is 2.03. The molecule has 5 nitrogen and oxygen atoms in total. The number of carbonyl (C=O) groups excluding carboxylic acids is 1. The molecule has 0 aliphatic rings. The Labute approximate surface area is 181 Å². The fourth-order valence-electron chi connectivity index (χ4n) is 3.34. The maximum atomic E-state index is 13.3. The molecule has 2 aromatic carbocycles. The summed E-state index contributed by atoms with van der Waals surface area (Å²) >= 11 is 1.29. The highest BCUT2D eigenvalue weighted by atomic mass is 32.2. The molecule has 0 aliphatic heterocycles. The number of aryl methyl sites for hydroxylation is 1. The first kappa shape index (κ1) is 22.1. The number of rotatable bonds is 8. The number of nitrogens with one attached hydrogen (secondary N) is 1. The van der Waals surface area contributed by atoms with Gasteiger partial charge in [0.1, 0.15) is 0 Å². The lowest BCUT2D eigenvalue weighted by Crippen LogP contribution is -2.34. The van der Waals surface area contributed by atoms with E-state index in [9.17, 15) is 9.59 Å². The molecule has 0 aliphatic carbocycles. The first-order valence-corrected chi connectivity index (χ1v) is 11.4. The summed E-state index contributed by atoms with van der Waals surface area (Å²) in [5, 5.41) is 4.15. The van der Waals surface area contributed by atoms with Gasteiger partial charge in [-0.2, -0.15) is 0 Å². The van der Waals surface area contributed by atoms with Crippen molar-refractivity contribution in [2.45, 2.75) is 51.7 Å². The largest absolute Gasteiger partial charge is 0.353 e. The number of para-hydroxylation sites is 2. The molecule has 1 amide bonds. The predicted octanol–water partition coefficient (Wildman–Crippen LogP) is 4.73. The van der Waals surface area contributed by atoms with E-state index in [1.54, 1.807) is 10.6 Å². The monoisotopic (exact) mass is 423 g/mol. The van der Waals surface area contributed by atoms with E-state index in [0.717, 1.165) is 24.1 Å². The van der Waals surface area contributed by atoms with E-state index in [0.29, 0.717) is 22.0 Å². The van der Waals surface area contributed by atoms with E-state index in [1.165, 1.54) is 11.8 Å². The van der Waals surface area contributed by atoms with Gasteiger partial charge >= 0.3 is 0 Å². The van der Waals surface area contributed by atoms with E-state index < -0.39 is 0 Å². The molecule has 30 heavy (non-hydrogen) atoms. The van der Waals surface area contributed by atoms with Gasteiger partial charge in [-0.1, -0.05) is 55.9 Å². The van der Waals surface area contributed by atoms with Crippen molar-refractivity contribution in [1.29, 1.82) is 0 Å². The van der Waals surface area contributed by atoms with Crippen molar-refractivity contribution in [2.75, 3.05) is 5.75 Å². The third-order valence-electron chi connectivity index (χ3n) is 5.02. The number of thioether (sulfide) groups is 1. The molecule has 3 aromatic rings. The zero-order valence-corrected chi connectivity index (χ0v) is 18.8. The number of fused-ring (bicyclic) bond motifs is 1. The van der Waals surface area contributed by atoms with Crippen molar-refractivity contribution in [2.24, 2.45) is 5.92 Å². The molecule has 1 atom stereocenters. The van der Waals surface area contributed by atoms with Crippen LogP contribution in [0.2, 0.25) is 0 Å². The number of hydrogen-bond acceptors (Lipinski definition) is 4. The molecule has 0 fully saturated rings. The van der Waals surface area contributed by atoms with Crippen LogP contribution in [0.15, 0.2) is 58.5 Å². The maximum absolute atomic E-state index is 13.3. The van der Waals surface area contributed by atoms with E-state index in [1.807, 2.05) is 56.3 Å². The zero-order chi connectivity index (χ0) is 21.7. The average molecular weight is 424 g/mol. The molecule has 1 N–H and O–H groups in total. The Balaban J connectivity index is 1.88. The normalized spacial score (nSPS) is 12.3. The Kier molecular flexibility index (Phi) is 7.32. The number of nitrogens with zero attached hydrogens (tertiary/aromatic N) is 2. The van der Waals surface area contributed by atoms with E-state index in [-0.39, 0.29) is 23.3 Å². The Morgan fingerprint density at radius 3 is 2.50 bits per heavy atom. The van der Waals surface area contributed by atoms with Crippen molar-refractivity contribution in [3.8, 4) is 5.69 Å². The van der Waals surface area contributed by atoms with E-state index in [2.05, 4.69) is 19.2 Å².